The molecule has 1 saturated heterocycles. The van der Waals surface area contributed by atoms with Gasteiger partial charge in [-0.25, -0.2) is 8.42 Å². The van der Waals surface area contributed by atoms with Crippen molar-refractivity contribution in [1.82, 2.24) is 9.29 Å². The van der Waals surface area contributed by atoms with Gasteiger partial charge in [-0.1, -0.05) is 0 Å². The van der Waals surface area contributed by atoms with Crippen LogP contribution in [0.3, 0.4) is 0 Å². The largest absolute Gasteiger partial charge is 0.489 e. The van der Waals surface area contributed by atoms with Gasteiger partial charge in [-0.3, -0.25) is 9.78 Å². The minimum absolute atomic E-state index is 0.123. The average molecular weight is 299 g/mol. The minimum atomic E-state index is -3.21. The van der Waals surface area contributed by atoms with Crippen LogP contribution in [-0.2, 0) is 10.0 Å². The molecule has 1 amide bonds. The molecule has 0 bridgehead atoms. The van der Waals surface area contributed by atoms with Crippen molar-refractivity contribution in [2.24, 2.45) is 5.73 Å². The highest BCUT2D eigenvalue weighted by molar-refractivity contribution is 7.88. The highest BCUT2D eigenvalue weighted by Gasteiger charge is 2.27. The number of nitrogens with zero attached hydrogens (tertiary/aromatic N) is 2. The quantitative estimate of drug-likeness (QED) is 0.842. The molecule has 2 rings (SSSR count). The van der Waals surface area contributed by atoms with E-state index in [-0.39, 0.29) is 11.8 Å². The van der Waals surface area contributed by atoms with Gasteiger partial charge in [0.2, 0.25) is 10.0 Å². The van der Waals surface area contributed by atoms with E-state index in [1.165, 1.54) is 22.8 Å². The molecule has 1 aliphatic heterocycles. The van der Waals surface area contributed by atoms with E-state index in [2.05, 4.69) is 4.98 Å². The third-order valence-electron chi connectivity index (χ3n) is 3.10. The fourth-order valence-electron chi connectivity index (χ4n) is 2.11. The maximum atomic E-state index is 11.5. The van der Waals surface area contributed by atoms with Crippen molar-refractivity contribution in [3.8, 4) is 5.75 Å². The van der Waals surface area contributed by atoms with Gasteiger partial charge in [0.1, 0.15) is 17.5 Å². The Morgan fingerprint density at radius 3 is 2.95 bits per heavy atom. The number of carbonyl (C=O) groups is 1. The smallest absolute Gasteiger partial charge is 0.267 e. The van der Waals surface area contributed by atoms with E-state index in [1.807, 2.05) is 0 Å². The minimum Gasteiger partial charge on any atom is -0.489 e. The summed E-state index contributed by atoms with van der Waals surface area (Å²) in [6, 6.07) is 3.08. The van der Waals surface area contributed by atoms with E-state index >= 15 is 0 Å². The van der Waals surface area contributed by atoms with Crippen molar-refractivity contribution >= 4 is 15.9 Å². The summed E-state index contributed by atoms with van der Waals surface area (Å²) in [4.78, 5) is 14.9. The molecule has 1 fully saturated rings. The predicted octanol–water partition coefficient (Wildman–Crippen LogP) is -0.0167. The summed E-state index contributed by atoms with van der Waals surface area (Å²) in [7, 11) is -3.21. The maximum absolute atomic E-state index is 11.5. The Morgan fingerprint density at radius 1 is 1.55 bits per heavy atom. The Morgan fingerprint density at radius 2 is 2.30 bits per heavy atom. The normalized spacial score (nSPS) is 20.6. The average Bonchev–Trinajstić information content (AvgIpc) is 2.38. The number of primary amides is 1. The Kier molecular flexibility index (Phi) is 4.24. The number of piperidine rings is 1. The van der Waals surface area contributed by atoms with Crippen molar-refractivity contribution in [3.63, 3.8) is 0 Å². The van der Waals surface area contributed by atoms with Crippen LogP contribution in [0, 0.1) is 0 Å². The number of ether oxygens (including phenoxy) is 1. The molecular formula is C12H17N3O4S. The predicted molar refractivity (Wildman–Crippen MR) is 72.8 cm³/mol. The molecule has 1 atom stereocenters. The summed E-state index contributed by atoms with van der Waals surface area (Å²) < 4.78 is 30.2. The van der Waals surface area contributed by atoms with Crippen molar-refractivity contribution < 1.29 is 17.9 Å². The van der Waals surface area contributed by atoms with E-state index in [0.717, 1.165) is 12.8 Å². The fourth-order valence-corrected chi connectivity index (χ4v) is 3.01. The lowest BCUT2D eigenvalue weighted by Crippen LogP contribution is -2.43. The van der Waals surface area contributed by atoms with Crippen LogP contribution in [-0.4, -0.2) is 49.1 Å². The van der Waals surface area contributed by atoms with E-state index in [4.69, 9.17) is 10.5 Å². The second-order valence-corrected chi connectivity index (χ2v) is 6.73. The summed E-state index contributed by atoms with van der Waals surface area (Å²) >= 11 is 0. The molecule has 2 N–H and O–H groups in total. The molecule has 0 aliphatic carbocycles. The number of rotatable bonds is 4. The Labute approximate surface area is 117 Å². The van der Waals surface area contributed by atoms with Gasteiger partial charge in [-0.2, -0.15) is 4.31 Å². The first-order valence-electron chi connectivity index (χ1n) is 6.24. The summed E-state index contributed by atoms with van der Waals surface area (Å²) in [6.45, 7) is 0.828. The summed E-state index contributed by atoms with van der Waals surface area (Å²) in [5.74, 6) is -0.161. The molecule has 110 valence electrons. The molecule has 1 unspecified atom stereocenters. The van der Waals surface area contributed by atoms with Gasteiger partial charge in [-0.15, -0.1) is 0 Å². The van der Waals surface area contributed by atoms with Crippen LogP contribution in [0.15, 0.2) is 18.3 Å². The highest BCUT2D eigenvalue weighted by atomic mass is 32.2. The van der Waals surface area contributed by atoms with Crippen molar-refractivity contribution in [3.05, 3.63) is 24.0 Å². The molecule has 20 heavy (non-hydrogen) atoms. The van der Waals surface area contributed by atoms with Crippen LogP contribution in [0.25, 0.3) is 0 Å². The van der Waals surface area contributed by atoms with Gasteiger partial charge in [0, 0.05) is 18.8 Å². The molecule has 7 nitrogen and oxygen atoms in total. The Hall–Kier alpha value is -1.67. The molecule has 2 heterocycles. The second-order valence-electron chi connectivity index (χ2n) is 4.74. The number of nitrogens with two attached hydrogens (primary N) is 1. The molecule has 1 aliphatic rings. The van der Waals surface area contributed by atoms with Gasteiger partial charge in [0.05, 0.1) is 12.8 Å². The van der Waals surface area contributed by atoms with Crippen LogP contribution in [0.4, 0.5) is 0 Å². The van der Waals surface area contributed by atoms with E-state index in [0.29, 0.717) is 18.8 Å². The summed E-state index contributed by atoms with van der Waals surface area (Å²) in [5.41, 5.74) is 5.27. The van der Waals surface area contributed by atoms with Crippen LogP contribution in [0.5, 0.6) is 5.75 Å². The summed E-state index contributed by atoms with van der Waals surface area (Å²) in [6.07, 6.45) is 3.90. The third kappa shape index (κ3) is 3.67. The van der Waals surface area contributed by atoms with Crippen molar-refractivity contribution in [2.75, 3.05) is 19.3 Å². The number of sulfonamides is 1. The Balaban J connectivity index is 2.06. The first kappa shape index (κ1) is 14.7. The number of aromatic nitrogens is 1. The highest BCUT2D eigenvalue weighted by Crippen LogP contribution is 2.20. The van der Waals surface area contributed by atoms with Gasteiger partial charge >= 0.3 is 0 Å². The zero-order valence-electron chi connectivity index (χ0n) is 11.2. The molecule has 0 radical (unpaired) electrons. The van der Waals surface area contributed by atoms with Crippen LogP contribution < -0.4 is 10.5 Å². The van der Waals surface area contributed by atoms with Crippen molar-refractivity contribution in [1.29, 1.82) is 0 Å². The lowest BCUT2D eigenvalue weighted by atomic mass is 10.1. The van der Waals surface area contributed by atoms with Gasteiger partial charge in [0.15, 0.2) is 0 Å². The molecule has 0 aromatic carbocycles. The first-order chi connectivity index (χ1) is 9.36. The van der Waals surface area contributed by atoms with Crippen LogP contribution >= 0.6 is 0 Å². The van der Waals surface area contributed by atoms with Crippen LogP contribution in [0.2, 0.25) is 0 Å². The fraction of sp³-hybridized carbons (Fsp3) is 0.500. The topological polar surface area (TPSA) is 103 Å². The zero-order chi connectivity index (χ0) is 14.8. The van der Waals surface area contributed by atoms with Crippen molar-refractivity contribution in [2.45, 2.75) is 18.9 Å². The van der Waals surface area contributed by atoms with E-state index < -0.39 is 15.9 Å². The molecule has 8 heteroatoms. The summed E-state index contributed by atoms with van der Waals surface area (Å²) in [5, 5.41) is 0. The molecule has 0 spiro atoms. The van der Waals surface area contributed by atoms with Gasteiger partial charge < -0.3 is 10.5 Å². The number of carbonyl (C=O) groups excluding carboxylic acids is 1. The standard InChI is InChI=1S/C12H17N3O4S/c1-20(17,18)15-6-2-3-10(8-15)19-9-4-5-14-11(7-9)12(13)16/h4-5,7,10H,2-3,6,8H2,1H3,(H2,13,16). The monoisotopic (exact) mass is 299 g/mol. The Bertz CT molecular complexity index is 602. The number of pyridine rings is 1. The number of hydrogen-bond acceptors (Lipinski definition) is 5. The lowest BCUT2D eigenvalue weighted by molar-refractivity contribution is 0.0993. The van der Waals surface area contributed by atoms with Crippen LogP contribution in [0.1, 0.15) is 23.3 Å². The number of hydrogen-bond donors (Lipinski definition) is 1. The zero-order valence-corrected chi connectivity index (χ0v) is 12.0. The molecule has 1 aromatic heterocycles. The molecule has 1 aromatic rings. The lowest BCUT2D eigenvalue weighted by Gasteiger charge is -2.31. The maximum Gasteiger partial charge on any atom is 0.267 e. The number of amides is 1. The van der Waals surface area contributed by atoms with E-state index in [9.17, 15) is 13.2 Å². The molecular weight excluding hydrogens is 282 g/mol. The van der Waals surface area contributed by atoms with E-state index in [1.54, 1.807) is 6.07 Å². The second kappa shape index (κ2) is 5.76. The molecule has 0 saturated carbocycles. The van der Waals surface area contributed by atoms with Gasteiger partial charge in [-0.05, 0) is 18.9 Å². The first-order valence-corrected chi connectivity index (χ1v) is 8.09. The van der Waals surface area contributed by atoms with Gasteiger partial charge in [0.25, 0.3) is 5.91 Å². The SMILES string of the molecule is CS(=O)(=O)N1CCCC(Oc2ccnc(C(N)=O)c2)C1. The third-order valence-corrected chi connectivity index (χ3v) is 4.37.